The quantitative estimate of drug-likeness (QED) is 0.894. The number of hydrogen-bond donors (Lipinski definition) is 2. The molecule has 1 aliphatic rings. The van der Waals surface area contributed by atoms with Gasteiger partial charge in [0.1, 0.15) is 0 Å². The molecule has 0 aliphatic carbocycles. The minimum atomic E-state index is 0. The number of rotatable bonds is 4. The fourth-order valence-electron chi connectivity index (χ4n) is 2.31. The van der Waals surface area contributed by atoms with E-state index in [0.29, 0.717) is 18.9 Å². The van der Waals surface area contributed by atoms with Crippen LogP contribution in [0.15, 0.2) is 18.3 Å². The van der Waals surface area contributed by atoms with E-state index in [1.165, 1.54) is 0 Å². The van der Waals surface area contributed by atoms with Gasteiger partial charge in [0, 0.05) is 12.6 Å². The van der Waals surface area contributed by atoms with E-state index < -0.39 is 0 Å². The first-order valence-corrected chi connectivity index (χ1v) is 6.63. The number of piperidine rings is 1. The molecule has 0 aromatic carbocycles. The summed E-state index contributed by atoms with van der Waals surface area (Å²) in [4.78, 5) is 16.1. The van der Waals surface area contributed by atoms with E-state index in [1.54, 1.807) is 6.20 Å². The van der Waals surface area contributed by atoms with Crippen molar-refractivity contribution in [3.8, 4) is 0 Å². The van der Waals surface area contributed by atoms with Crippen molar-refractivity contribution in [2.75, 3.05) is 13.1 Å². The second-order valence-electron chi connectivity index (χ2n) is 4.94. The minimum absolute atomic E-state index is 0. The highest BCUT2D eigenvalue weighted by molar-refractivity contribution is 5.85. The maximum atomic E-state index is 11.8. The molecule has 1 fully saturated rings. The normalized spacial score (nSPS) is 14.8. The summed E-state index contributed by atoms with van der Waals surface area (Å²) in [5.74, 6) is 0.683. The first kappa shape index (κ1) is 19.2. The van der Waals surface area contributed by atoms with Crippen LogP contribution in [0.5, 0.6) is 0 Å². The third-order valence-electron chi connectivity index (χ3n) is 3.50. The molecule has 20 heavy (non-hydrogen) atoms. The SMILES string of the molecule is Cc1cccnc1CNC(=O)CC1CCNCC1.Cl.Cl. The molecule has 0 radical (unpaired) electrons. The van der Waals surface area contributed by atoms with Gasteiger partial charge in [0.05, 0.1) is 12.2 Å². The Kier molecular flexibility index (Phi) is 9.55. The van der Waals surface area contributed by atoms with E-state index in [4.69, 9.17) is 0 Å². The van der Waals surface area contributed by atoms with Crippen molar-refractivity contribution in [1.82, 2.24) is 15.6 Å². The number of carbonyl (C=O) groups is 1. The Labute approximate surface area is 132 Å². The number of hydrogen-bond acceptors (Lipinski definition) is 3. The summed E-state index contributed by atoms with van der Waals surface area (Å²) < 4.78 is 0. The van der Waals surface area contributed by atoms with Crippen molar-refractivity contribution in [2.24, 2.45) is 5.92 Å². The van der Waals surface area contributed by atoms with Gasteiger partial charge in [-0.1, -0.05) is 6.07 Å². The van der Waals surface area contributed by atoms with Gasteiger partial charge in [0.2, 0.25) is 5.91 Å². The summed E-state index contributed by atoms with van der Waals surface area (Å²) in [5.41, 5.74) is 2.08. The monoisotopic (exact) mass is 319 g/mol. The molecule has 2 rings (SSSR count). The number of amides is 1. The molecule has 0 unspecified atom stereocenters. The summed E-state index contributed by atoms with van der Waals surface area (Å²) in [7, 11) is 0. The molecule has 6 heteroatoms. The molecule has 0 saturated carbocycles. The summed E-state index contributed by atoms with van der Waals surface area (Å²) in [6, 6.07) is 3.93. The Balaban J connectivity index is 0.00000180. The molecule has 2 N–H and O–H groups in total. The highest BCUT2D eigenvalue weighted by Crippen LogP contribution is 2.15. The number of aromatic nitrogens is 1. The number of pyridine rings is 1. The fourth-order valence-corrected chi connectivity index (χ4v) is 2.31. The van der Waals surface area contributed by atoms with Crippen LogP contribution in [0.1, 0.15) is 30.5 Å². The second-order valence-corrected chi connectivity index (χ2v) is 4.94. The van der Waals surface area contributed by atoms with Gasteiger partial charge in [-0.15, -0.1) is 24.8 Å². The van der Waals surface area contributed by atoms with Gasteiger partial charge in [-0.25, -0.2) is 0 Å². The molecule has 1 aromatic heterocycles. The van der Waals surface area contributed by atoms with Crippen LogP contribution in [-0.2, 0) is 11.3 Å². The maximum absolute atomic E-state index is 11.8. The Morgan fingerprint density at radius 3 is 2.75 bits per heavy atom. The van der Waals surface area contributed by atoms with Crippen molar-refractivity contribution < 1.29 is 4.79 Å². The average Bonchev–Trinajstić information content (AvgIpc) is 2.39. The van der Waals surface area contributed by atoms with Crippen molar-refractivity contribution in [1.29, 1.82) is 0 Å². The van der Waals surface area contributed by atoms with Crippen molar-refractivity contribution >= 4 is 30.7 Å². The minimum Gasteiger partial charge on any atom is -0.350 e. The number of nitrogens with zero attached hydrogens (tertiary/aromatic N) is 1. The molecule has 4 nitrogen and oxygen atoms in total. The van der Waals surface area contributed by atoms with Crippen LogP contribution in [0.25, 0.3) is 0 Å². The van der Waals surface area contributed by atoms with Gasteiger partial charge < -0.3 is 10.6 Å². The Morgan fingerprint density at radius 1 is 1.40 bits per heavy atom. The fraction of sp³-hybridized carbons (Fsp3) is 0.571. The van der Waals surface area contributed by atoms with E-state index in [9.17, 15) is 4.79 Å². The van der Waals surface area contributed by atoms with Gasteiger partial charge in [0.15, 0.2) is 0 Å². The predicted octanol–water partition coefficient (Wildman–Crippen LogP) is 2.24. The predicted molar refractivity (Wildman–Crippen MR) is 85.5 cm³/mol. The van der Waals surface area contributed by atoms with E-state index in [1.807, 2.05) is 19.1 Å². The topological polar surface area (TPSA) is 54.0 Å². The maximum Gasteiger partial charge on any atom is 0.220 e. The first-order chi connectivity index (χ1) is 8.75. The smallest absolute Gasteiger partial charge is 0.220 e. The van der Waals surface area contributed by atoms with Crippen LogP contribution >= 0.6 is 24.8 Å². The molecule has 2 heterocycles. The summed E-state index contributed by atoms with van der Waals surface area (Å²) in [6.45, 7) is 4.63. The van der Waals surface area contributed by atoms with Crippen molar-refractivity contribution in [3.63, 3.8) is 0 Å². The third kappa shape index (κ3) is 6.07. The number of carbonyl (C=O) groups excluding carboxylic acids is 1. The first-order valence-electron chi connectivity index (χ1n) is 6.63. The Bertz CT molecular complexity index is 409. The highest BCUT2D eigenvalue weighted by Gasteiger charge is 2.16. The molecular weight excluding hydrogens is 297 g/mol. The molecule has 0 spiro atoms. The van der Waals surface area contributed by atoms with Crippen LogP contribution in [0.3, 0.4) is 0 Å². The van der Waals surface area contributed by atoms with Crippen molar-refractivity contribution in [2.45, 2.75) is 32.7 Å². The van der Waals surface area contributed by atoms with E-state index in [2.05, 4.69) is 15.6 Å². The van der Waals surface area contributed by atoms with E-state index in [0.717, 1.165) is 37.2 Å². The van der Waals surface area contributed by atoms with E-state index >= 15 is 0 Å². The van der Waals surface area contributed by atoms with Crippen molar-refractivity contribution in [3.05, 3.63) is 29.6 Å². The summed E-state index contributed by atoms with van der Waals surface area (Å²) in [5, 5.41) is 6.28. The number of halogens is 2. The van der Waals surface area contributed by atoms with Gasteiger partial charge in [-0.3, -0.25) is 9.78 Å². The Morgan fingerprint density at radius 2 is 2.10 bits per heavy atom. The number of aryl methyl sites for hydroxylation is 1. The highest BCUT2D eigenvalue weighted by atomic mass is 35.5. The molecule has 1 aliphatic heterocycles. The molecule has 0 atom stereocenters. The lowest BCUT2D eigenvalue weighted by atomic mass is 9.94. The lowest BCUT2D eigenvalue weighted by Crippen LogP contribution is -2.32. The molecule has 1 aromatic rings. The largest absolute Gasteiger partial charge is 0.350 e. The number of nitrogens with one attached hydrogen (secondary N) is 2. The van der Waals surface area contributed by atoms with Gasteiger partial charge in [-0.05, 0) is 50.4 Å². The Hall–Kier alpha value is -0.840. The molecular formula is C14H23Cl2N3O. The van der Waals surface area contributed by atoms with Gasteiger partial charge >= 0.3 is 0 Å². The van der Waals surface area contributed by atoms with Crippen LogP contribution < -0.4 is 10.6 Å². The van der Waals surface area contributed by atoms with Gasteiger partial charge in [0.25, 0.3) is 0 Å². The molecule has 0 bridgehead atoms. The second kappa shape index (κ2) is 9.97. The molecule has 1 amide bonds. The molecule has 114 valence electrons. The third-order valence-corrected chi connectivity index (χ3v) is 3.50. The van der Waals surface area contributed by atoms with Crippen LogP contribution in [0, 0.1) is 12.8 Å². The van der Waals surface area contributed by atoms with Crippen LogP contribution in [0.4, 0.5) is 0 Å². The van der Waals surface area contributed by atoms with Crippen LogP contribution in [-0.4, -0.2) is 24.0 Å². The lowest BCUT2D eigenvalue weighted by Gasteiger charge is -2.21. The summed E-state index contributed by atoms with van der Waals surface area (Å²) >= 11 is 0. The van der Waals surface area contributed by atoms with Crippen LogP contribution in [0.2, 0.25) is 0 Å². The zero-order valence-corrected chi connectivity index (χ0v) is 13.4. The summed E-state index contributed by atoms with van der Waals surface area (Å²) in [6.07, 6.45) is 4.63. The van der Waals surface area contributed by atoms with Gasteiger partial charge in [-0.2, -0.15) is 0 Å². The molecule has 1 saturated heterocycles. The average molecular weight is 320 g/mol. The lowest BCUT2D eigenvalue weighted by molar-refractivity contribution is -0.122. The standard InChI is InChI=1S/C14H21N3O.2ClH/c1-11-3-2-6-16-13(11)10-17-14(18)9-12-4-7-15-8-5-12;;/h2-3,6,12,15H,4-5,7-10H2,1H3,(H,17,18);2*1H. The zero-order chi connectivity index (χ0) is 12.8. The zero-order valence-electron chi connectivity index (χ0n) is 11.7. The van der Waals surface area contributed by atoms with E-state index in [-0.39, 0.29) is 30.7 Å².